The summed E-state index contributed by atoms with van der Waals surface area (Å²) in [6.45, 7) is 12.4. The molecule has 0 saturated carbocycles. The molecule has 2 aromatic carbocycles. The summed E-state index contributed by atoms with van der Waals surface area (Å²) in [6, 6.07) is 22.0. The van der Waals surface area contributed by atoms with Gasteiger partial charge >= 0.3 is 0 Å². The Morgan fingerprint density at radius 2 is 1.30 bits per heavy atom. The van der Waals surface area contributed by atoms with E-state index in [1.807, 2.05) is 0 Å². The molecule has 0 aliphatic carbocycles. The maximum absolute atomic E-state index is 5.60. The van der Waals surface area contributed by atoms with Gasteiger partial charge in [-0.3, -0.25) is 9.80 Å². The Balaban J connectivity index is 1.48. The molecular weight excluding hydrogens is 372 g/mol. The zero-order chi connectivity index (χ0) is 21.1. The summed E-state index contributed by atoms with van der Waals surface area (Å²) >= 11 is 0. The molecule has 158 valence electrons. The van der Waals surface area contributed by atoms with Crippen LogP contribution in [0.2, 0.25) is 0 Å². The third kappa shape index (κ3) is 4.47. The fourth-order valence-corrected chi connectivity index (χ4v) is 4.13. The van der Waals surface area contributed by atoms with Gasteiger partial charge in [0.2, 0.25) is 5.89 Å². The van der Waals surface area contributed by atoms with Crippen LogP contribution in [0.4, 0.5) is 0 Å². The van der Waals surface area contributed by atoms with Crippen LogP contribution in [0, 0.1) is 0 Å². The van der Waals surface area contributed by atoms with E-state index in [2.05, 4.69) is 108 Å². The zero-order valence-corrected chi connectivity index (χ0v) is 18.5. The predicted molar refractivity (Wildman–Crippen MR) is 119 cm³/mol. The molecule has 0 bridgehead atoms. The first-order valence-electron chi connectivity index (χ1n) is 10.9. The predicted octanol–water partition coefficient (Wildman–Crippen LogP) is 4.84. The molecule has 1 saturated heterocycles. The van der Waals surface area contributed by atoms with E-state index < -0.39 is 0 Å². The summed E-state index contributed by atoms with van der Waals surface area (Å²) in [4.78, 5) is 9.71. The summed E-state index contributed by atoms with van der Waals surface area (Å²) in [7, 11) is 0. The lowest BCUT2D eigenvalue weighted by molar-refractivity contribution is 0.0726. The minimum absolute atomic E-state index is 0.0985. The molecule has 0 N–H and O–H groups in total. The van der Waals surface area contributed by atoms with Gasteiger partial charge in [-0.1, -0.05) is 86.6 Å². The molecule has 30 heavy (non-hydrogen) atoms. The van der Waals surface area contributed by atoms with E-state index in [1.54, 1.807) is 0 Å². The van der Waals surface area contributed by atoms with Crippen molar-refractivity contribution in [1.29, 1.82) is 0 Å². The molecule has 1 aromatic heterocycles. The number of benzene rings is 2. The van der Waals surface area contributed by atoms with E-state index >= 15 is 0 Å². The number of rotatable bonds is 5. The van der Waals surface area contributed by atoms with E-state index in [0.29, 0.717) is 0 Å². The first-order valence-corrected chi connectivity index (χ1v) is 10.9. The fourth-order valence-electron chi connectivity index (χ4n) is 4.13. The van der Waals surface area contributed by atoms with Crippen molar-refractivity contribution in [2.24, 2.45) is 0 Å². The number of hydrogen-bond donors (Lipinski definition) is 0. The van der Waals surface area contributed by atoms with Gasteiger partial charge in [0.15, 0.2) is 5.82 Å². The van der Waals surface area contributed by atoms with Crippen LogP contribution in [0.15, 0.2) is 65.2 Å². The van der Waals surface area contributed by atoms with Crippen molar-refractivity contribution < 1.29 is 4.52 Å². The Bertz CT molecular complexity index is 885. The lowest BCUT2D eigenvalue weighted by atomic mass is 9.96. The van der Waals surface area contributed by atoms with Crippen LogP contribution in [0.3, 0.4) is 0 Å². The van der Waals surface area contributed by atoms with E-state index in [1.165, 1.54) is 11.1 Å². The molecular formula is C25H32N4O. The molecule has 3 aromatic rings. The highest BCUT2D eigenvalue weighted by molar-refractivity contribution is 5.32. The van der Waals surface area contributed by atoms with Gasteiger partial charge in [0.05, 0.1) is 12.1 Å². The Morgan fingerprint density at radius 3 is 1.77 bits per heavy atom. The molecule has 1 aliphatic heterocycles. The van der Waals surface area contributed by atoms with E-state index in [0.717, 1.165) is 37.9 Å². The highest BCUT2D eigenvalue weighted by Crippen LogP contribution is 2.31. The molecule has 0 spiro atoms. The third-order valence-corrected chi connectivity index (χ3v) is 5.96. The van der Waals surface area contributed by atoms with E-state index in [9.17, 15) is 0 Å². The van der Waals surface area contributed by atoms with Crippen molar-refractivity contribution in [2.45, 2.75) is 45.2 Å². The maximum Gasteiger partial charge on any atom is 0.243 e. The molecule has 1 fully saturated rings. The largest absolute Gasteiger partial charge is 0.338 e. The average Bonchev–Trinajstić information content (AvgIpc) is 3.27. The summed E-state index contributed by atoms with van der Waals surface area (Å²) in [5.74, 6) is 1.49. The smallest absolute Gasteiger partial charge is 0.243 e. The van der Waals surface area contributed by atoms with Crippen molar-refractivity contribution in [1.82, 2.24) is 19.9 Å². The number of aromatic nitrogens is 2. The zero-order valence-electron chi connectivity index (χ0n) is 18.5. The summed E-state index contributed by atoms with van der Waals surface area (Å²) in [6.07, 6.45) is 0. The summed E-state index contributed by atoms with van der Waals surface area (Å²) < 4.78 is 5.60. The van der Waals surface area contributed by atoms with Crippen LogP contribution in [0.1, 0.15) is 62.6 Å². The van der Waals surface area contributed by atoms with Crippen molar-refractivity contribution in [3.63, 3.8) is 0 Å². The van der Waals surface area contributed by atoms with Crippen LogP contribution < -0.4 is 0 Å². The Kier molecular flexibility index (Phi) is 6.02. The van der Waals surface area contributed by atoms with E-state index in [4.69, 9.17) is 4.52 Å². The van der Waals surface area contributed by atoms with Crippen LogP contribution in [0.5, 0.6) is 0 Å². The van der Waals surface area contributed by atoms with E-state index in [-0.39, 0.29) is 17.5 Å². The second kappa shape index (κ2) is 8.70. The van der Waals surface area contributed by atoms with Gasteiger partial charge < -0.3 is 4.52 Å². The van der Waals surface area contributed by atoms with Gasteiger partial charge in [-0.2, -0.15) is 4.98 Å². The van der Waals surface area contributed by atoms with Crippen LogP contribution in [0.25, 0.3) is 0 Å². The lowest BCUT2D eigenvalue weighted by Gasteiger charge is -2.41. The Labute approximate surface area is 179 Å². The molecule has 5 nitrogen and oxygen atoms in total. The van der Waals surface area contributed by atoms with Gasteiger partial charge in [0.25, 0.3) is 0 Å². The summed E-state index contributed by atoms with van der Waals surface area (Å²) in [5.41, 5.74) is 2.59. The van der Waals surface area contributed by atoms with Crippen molar-refractivity contribution >= 4 is 0 Å². The molecule has 4 rings (SSSR count). The topological polar surface area (TPSA) is 45.4 Å². The SMILES string of the molecule is C[C@H](c1nc(C(C)(C)C)no1)N1CCN(C(c2ccccc2)c2ccccc2)CC1. The highest BCUT2D eigenvalue weighted by atomic mass is 16.5. The summed E-state index contributed by atoms with van der Waals surface area (Å²) in [5, 5.41) is 4.20. The van der Waals surface area contributed by atoms with Gasteiger partial charge in [0, 0.05) is 31.6 Å². The lowest BCUT2D eigenvalue weighted by Crippen LogP contribution is -2.48. The minimum Gasteiger partial charge on any atom is -0.338 e. The van der Waals surface area contributed by atoms with Crippen LogP contribution >= 0.6 is 0 Å². The molecule has 1 aliphatic rings. The second-order valence-corrected chi connectivity index (χ2v) is 9.18. The monoisotopic (exact) mass is 404 g/mol. The van der Waals surface area contributed by atoms with Crippen LogP contribution in [-0.4, -0.2) is 46.1 Å². The molecule has 0 amide bonds. The van der Waals surface area contributed by atoms with Crippen molar-refractivity contribution in [2.75, 3.05) is 26.2 Å². The fraction of sp³-hybridized carbons (Fsp3) is 0.440. The van der Waals surface area contributed by atoms with Crippen molar-refractivity contribution in [3.05, 3.63) is 83.5 Å². The molecule has 0 radical (unpaired) electrons. The highest BCUT2D eigenvalue weighted by Gasteiger charge is 2.31. The average molecular weight is 405 g/mol. The van der Waals surface area contributed by atoms with Gasteiger partial charge in [0.1, 0.15) is 0 Å². The standard InChI is InChI=1S/C25H32N4O/c1-19(23-26-24(27-30-23)25(2,3)4)28-15-17-29(18-16-28)22(20-11-7-5-8-12-20)21-13-9-6-10-14-21/h5-14,19,22H,15-18H2,1-4H3/t19-/m1/s1. The first kappa shape index (κ1) is 20.8. The molecule has 0 unspecified atom stereocenters. The van der Waals surface area contributed by atoms with Gasteiger partial charge in [-0.25, -0.2) is 0 Å². The number of hydrogen-bond acceptors (Lipinski definition) is 5. The number of nitrogens with zero attached hydrogens (tertiary/aromatic N) is 4. The molecule has 2 heterocycles. The normalized spacial score (nSPS) is 17.4. The maximum atomic E-state index is 5.60. The van der Waals surface area contributed by atoms with Gasteiger partial charge in [-0.15, -0.1) is 0 Å². The Hall–Kier alpha value is -2.50. The third-order valence-electron chi connectivity index (χ3n) is 5.96. The minimum atomic E-state index is -0.0985. The van der Waals surface area contributed by atoms with Crippen molar-refractivity contribution in [3.8, 4) is 0 Å². The second-order valence-electron chi connectivity index (χ2n) is 9.18. The first-order chi connectivity index (χ1) is 14.4. The molecule has 1 atom stereocenters. The van der Waals surface area contributed by atoms with Crippen LogP contribution in [-0.2, 0) is 5.41 Å². The Morgan fingerprint density at radius 1 is 0.800 bits per heavy atom. The number of piperazine rings is 1. The quantitative estimate of drug-likeness (QED) is 0.609. The van der Waals surface area contributed by atoms with Gasteiger partial charge in [-0.05, 0) is 18.1 Å². The molecule has 5 heteroatoms.